The molecule has 17 heavy (non-hydrogen) atoms. The second-order valence-electron chi connectivity index (χ2n) is 4.25. The van der Waals surface area contributed by atoms with E-state index in [0.717, 1.165) is 12.8 Å². The maximum Gasteiger partial charge on any atom is 0.266 e. The van der Waals surface area contributed by atoms with Crippen LogP contribution in [0, 0.1) is 5.92 Å². The first-order valence-electron chi connectivity index (χ1n) is 5.92. The lowest BCUT2D eigenvalue weighted by atomic mass is 10.1. The Morgan fingerprint density at radius 2 is 2.06 bits per heavy atom. The minimum atomic E-state index is -0.177. The first-order valence-corrected chi connectivity index (χ1v) is 6.26. The van der Waals surface area contributed by atoms with Gasteiger partial charge in [0.15, 0.2) is 0 Å². The zero-order valence-electron chi connectivity index (χ0n) is 10.3. The summed E-state index contributed by atoms with van der Waals surface area (Å²) >= 11 is 5.96. The molecule has 4 heteroatoms. The summed E-state index contributed by atoms with van der Waals surface area (Å²) < 4.78 is 1.34. The quantitative estimate of drug-likeness (QED) is 0.625. The normalized spacial score (nSPS) is 12.5. The van der Waals surface area contributed by atoms with E-state index in [1.807, 2.05) is 18.2 Å². The molecule has 0 fully saturated rings. The van der Waals surface area contributed by atoms with E-state index in [0.29, 0.717) is 18.0 Å². The number of hydrogen-bond acceptors (Lipinski definition) is 2. The van der Waals surface area contributed by atoms with Crippen LogP contribution in [0.2, 0.25) is 0 Å². The number of hydrogen-bond donors (Lipinski definition) is 1. The van der Waals surface area contributed by atoms with E-state index in [4.69, 9.17) is 11.8 Å². The van der Waals surface area contributed by atoms with E-state index in [1.54, 1.807) is 12.1 Å². The number of carbonyl (C=O) groups is 1. The molecule has 0 aliphatic rings. The number of amides is 1. The maximum absolute atomic E-state index is 11.8. The number of rotatable bonds is 6. The van der Waals surface area contributed by atoms with Gasteiger partial charge in [0.05, 0.1) is 0 Å². The molecule has 0 bridgehead atoms. The van der Waals surface area contributed by atoms with Crippen LogP contribution in [0.5, 0.6) is 0 Å². The molecule has 0 spiro atoms. The van der Waals surface area contributed by atoms with Crippen molar-refractivity contribution >= 4 is 17.7 Å². The highest BCUT2D eigenvalue weighted by Gasteiger charge is 2.11. The first-order chi connectivity index (χ1) is 8.13. The van der Waals surface area contributed by atoms with Gasteiger partial charge < -0.3 is 0 Å². The molecular weight excluding hydrogens is 236 g/mol. The van der Waals surface area contributed by atoms with Crippen LogP contribution in [-0.2, 0) is 0 Å². The molecule has 1 N–H and O–H groups in total. The number of hydrazine groups is 1. The van der Waals surface area contributed by atoms with Gasteiger partial charge in [-0.1, -0.05) is 38.5 Å². The van der Waals surface area contributed by atoms with E-state index in [1.165, 1.54) is 4.53 Å². The molecule has 1 amide bonds. The first kappa shape index (κ1) is 14.0. The molecule has 0 aliphatic carbocycles. The highest BCUT2D eigenvalue weighted by atomic mass is 35.5. The number of nitrogens with zero attached hydrogens (tertiary/aromatic N) is 1. The van der Waals surface area contributed by atoms with Gasteiger partial charge in [-0.3, -0.25) is 10.2 Å². The molecule has 1 aromatic carbocycles. The fourth-order valence-electron chi connectivity index (χ4n) is 1.67. The lowest BCUT2D eigenvalue weighted by molar-refractivity contribution is 0.0872. The summed E-state index contributed by atoms with van der Waals surface area (Å²) in [6.07, 6.45) is 2.23. The predicted molar refractivity (Wildman–Crippen MR) is 70.5 cm³/mol. The van der Waals surface area contributed by atoms with Crippen molar-refractivity contribution in [3.8, 4) is 0 Å². The van der Waals surface area contributed by atoms with Crippen LogP contribution >= 0.6 is 11.8 Å². The summed E-state index contributed by atoms with van der Waals surface area (Å²) in [6, 6.07) is 9.05. The van der Waals surface area contributed by atoms with E-state index in [-0.39, 0.29) is 5.91 Å². The Morgan fingerprint density at radius 1 is 1.41 bits per heavy atom. The van der Waals surface area contributed by atoms with Gasteiger partial charge in [0, 0.05) is 12.1 Å². The molecule has 0 saturated heterocycles. The molecule has 1 aromatic rings. The second kappa shape index (κ2) is 7.30. The summed E-state index contributed by atoms with van der Waals surface area (Å²) in [6.45, 7) is 4.90. The predicted octanol–water partition coefficient (Wildman–Crippen LogP) is 3.22. The van der Waals surface area contributed by atoms with Crippen molar-refractivity contribution in [2.45, 2.75) is 26.7 Å². The highest BCUT2D eigenvalue weighted by Crippen LogP contribution is 2.08. The van der Waals surface area contributed by atoms with Gasteiger partial charge in [0.2, 0.25) is 0 Å². The Kier molecular flexibility index (Phi) is 6.01. The zero-order chi connectivity index (χ0) is 12.7. The summed E-state index contributed by atoms with van der Waals surface area (Å²) in [4.78, 5) is 11.8. The monoisotopic (exact) mass is 254 g/mol. The van der Waals surface area contributed by atoms with Gasteiger partial charge in [-0.25, -0.2) is 0 Å². The van der Waals surface area contributed by atoms with E-state index >= 15 is 0 Å². The third-order valence-electron chi connectivity index (χ3n) is 2.51. The van der Waals surface area contributed by atoms with Crippen LogP contribution < -0.4 is 5.43 Å². The minimum Gasteiger partial charge on any atom is -0.271 e. The van der Waals surface area contributed by atoms with Gasteiger partial charge in [0.25, 0.3) is 5.91 Å². The number of halogens is 1. The van der Waals surface area contributed by atoms with E-state index < -0.39 is 0 Å². The minimum absolute atomic E-state index is 0.177. The van der Waals surface area contributed by atoms with Gasteiger partial charge >= 0.3 is 0 Å². The fourth-order valence-corrected chi connectivity index (χ4v) is 1.98. The molecule has 0 aliphatic heterocycles. The molecule has 94 valence electrons. The van der Waals surface area contributed by atoms with Gasteiger partial charge in [-0.2, -0.15) is 0 Å². The molecule has 1 rings (SSSR count). The van der Waals surface area contributed by atoms with Gasteiger partial charge in [-0.05, 0) is 36.2 Å². The van der Waals surface area contributed by atoms with Crippen LogP contribution in [0.15, 0.2) is 30.3 Å². The van der Waals surface area contributed by atoms with Gasteiger partial charge in [0.1, 0.15) is 0 Å². The average molecular weight is 255 g/mol. The van der Waals surface area contributed by atoms with Crippen LogP contribution in [0.4, 0.5) is 0 Å². The third-order valence-corrected chi connectivity index (χ3v) is 2.73. The standard InChI is InChI=1S/C13H19ClN2O/c1-3-7-11(2)10-16(14)15-13(17)12-8-5-4-6-9-12/h4-6,8-9,11H,3,7,10H2,1-2H3,(H,15,17). The van der Waals surface area contributed by atoms with Crippen LogP contribution in [-0.4, -0.2) is 17.0 Å². The Hall–Kier alpha value is -1.06. The van der Waals surface area contributed by atoms with Crippen LogP contribution in [0.1, 0.15) is 37.0 Å². The molecule has 0 saturated carbocycles. The largest absolute Gasteiger partial charge is 0.271 e. The highest BCUT2D eigenvalue weighted by molar-refractivity contribution is 6.14. The Bertz CT molecular complexity index is 343. The zero-order valence-corrected chi connectivity index (χ0v) is 11.1. The fraction of sp³-hybridized carbons (Fsp3) is 0.462. The van der Waals surface area contributed by atoms with E-state index in [2.05, 4.69) is 19.3 Å². The number of benzene rings is 1. The summed E-state index contributed by atoms with van der Waals surface area (Å²) in [5.41, 5.74) is 3.26. The molecule has 0 radical (unpaired) electrons. The maximum atomic E-state index is 11.8. The lowest BCUT2D eigenvalue weighted by Gasteiger charge is -2.18. The van der Waals surface area contributed by atoms with Crippen LogP contribution in [0.25, 0.3) is 0 Å². The van der Waals surface area contributed by atoms with Crippen molar-refractivity contribution in [1.82, 2.24) is 9.95 Å². The molecular formula is C13H19ClN2O. The summed E-state index contributed by atoms with van der Waals surface area (Å²) in [5.74, 6) is 0.290. The van der Waals surface area contributed by atoms with Gasteiger partial charge in [-0.15, -0.1) is 4.53 Å². The van der Waals surface area contributed by atoms with Crippen molar-refractivity contribution < 1.29 is 4.79 Å². The lowest BCUT2D eigenvalue weighted by Crippen LogP contribution is -2.38. The topological polar surface area (TPSA) is 32.3 Å². The number of carbonyl (C=O) groups excluding carboxylic acids is 1. The van der Waals surface area contributed by atoms with E-state index in [9.17, 15) is 4.79 Å². The summed E-state index contributed by atoms with van der Waals surface area (Å²) in [7, 11) is 0. The molecule has 0 heterocycles. The Balaban J connectivity index is 2.41. The van der Waals surface area contributed by atoms with Crippen LogP contribution in [0.3, 0.4) is 0 Å². The SMILES string of the molecule is CCCC(C)CN(Cl)NC(=O)c1ccccc1. The Morgan fingerprint density at radius 3 is 2.65 bits per heavy atom. The van der Waals surface area contributed by atoms with Crippen molar-refractivity contribution in [1.29, 1.82) is 0 Å². The number of nitrogens with one attached hydrogen (secondary N) is 1. The molecule has 0 aromatic heterocycles. The smallest absolute Gasteiger partial charge is 0.266 e. The third kappa shape index (κ3) is 5.20. The van der Waals surface area contributed by atoms with Crippen molar-refractivity contribution in [3.63, 3.8) is 0 Å². The Labute approximate surface area is 108 Å². The van der Waals surface area contributed by atoms with Crippen molar-refractivity contribution in [2.75, 3.05) is 6.54 Å². The average Bonchev–Trinajstić information content (AvgIpc) is 2.30. The van der Waals surface area contributed by atoms with Crippen molar-refractivity contribution in [3.05, 3.63) is 35.9 Å². The molecule has 1 unspecified atom stereocenters. The molecule has 1 atom stereocenters. The molecule has 3 nitrogen and oxygen atoms in total. The summed E-state index contributed by atoms with van der Waals surface area (Å²) in [5, 5.41) is 0. The second-order valence-corrected chi connectivity index (χ2v) is 4.65. The van der Waals surface area contributed by atoms with Crippen molar-refractivity contribution in [2.24, 2.45) is 5.92 Å².